The van der Waals surface area contributed by atoms with Crippen LogP contribution < -0.4 is 5.32 Å². The first-order valence-corrected chi connectivity index (χ1v) is 6.88. The van der Waals surface area contributed by atoms with E-state index < -0.39 is 0 Å². The Bertz CT molecular complexity index is 726. The van der Waals surface area contributed by atoms with Crippen molar-refractivity contribution in [2.75, 3.05) is 5.32 Å². The van der Waals surface area contributed by atoms with Gasteiger partial charge < -0.3 is 0 Å². The molecular formula is C10H9N5OS2. The van der Waals surface area contributed by atoms with E-state index in [2.05, 4.69) is 20.5 Å². The number of nitrogens with zero attached hydrogens (tertiary/aromatic N) is 4. The summed E-state index contributed by atoms with van der Waals surface area (Å²) in [6.45, 7) is 3.81. The fourth-order valence-corrected chi connectivity index (χ4v) is 2.95. The van der Waals surface area contributed by atoms with Crippen LogP contribution >= 0.6 is 22.7 Å². The van der Waals surface area contributed by atoms with Crippen LogP contribution in [0.2, 0.25) is 0 Å². The van der Waals surface area contributed by atoms with Crippen LogP contribution in [0.3, 0.4) is 0 Å². The molecule has 18 heavy (non-hydrogen) atoms. The van der Waals surface area contributed by atoms with Gasteiger partial charge in [0.15, 0.2) is 4.96 Å². The summed E-state index contributed by atoms with van der Waals surface area (Å²) in [4.78, 5) is 17.0. The van der Waals surface area contributed by atoms with Gasteiger partial charge in [0.2, 0.25) is 5.13 Å². The molecule has 0 aliphatic carbocycles. The molecule has 0 fully saturated rings. The fourth-order valence-electron chi connectivity index (χ4n) is 1.51. The molecule has 0 saturated heterocycles. The van der Waals surface area contributed by atoms with Gasteiger partial charge in [0.25, 0.3) is 5.91 Å². The van der Waals surface area contributed by atoms with Crippen LogP contribution in [0.25, 0.3) is 4.96 Å². The Balaban J connectivity index is 1.87. The van der Waals surface area contributed by atoms with Crippen LogP contribution in [-0.2, 0) is 0 Å². The van der Waals surface area contributed by atoms with Crippen LogP contribution in [0, 0.1) is 13.8 Å². The van der Waals surface area contributed by atoms with E-state index in [1.165, 1.54) is 22.7 Å². The molecule has 3 aromatic rings. The molecule has 0 aromatic carbocycles. The molecule has 0 unspecified atom stereocenters. The topological polar surface area (TPSA) is 72.2 Å². The Morgan fingerprint density at radius 1 is 1.39 bits per heavy atom. The molecular weight excluding hydrogens is 270 g/mol. The lowest BCUT2D eigenvalue weighted by Gasteiger charge is -1.95. The van der Waals surface area contributed by atoms with Gasteiger partial charge in [-0.3, -0.25) is 14.5 Å². The molecule has 0 aliphatic heterocycles. The Labute approximate surface area is 110 Å². The van der Waals surface area contributed by atoms with E-state index in [9.17, 15) is 4.79 Å². The normalized spacial score (nSPS) is 11.0. The molecule has 0 spiro atoms. The molecule has 1 N–H and O–H groups in total. The third-order valence-electron chi connectivity index (χ3n) is 2.37. The molecule has 3 aromatic heterocycles. The number of hydrogen-bond donors (Lipinski definition) is 1. The van der Waals surface area contributed by atoms with Gasteiger partial charge in [-0.1, -0.05) is 11.3 Å². The second kappa shape index (κ2) is 4.14. The summed E-state index contributed by atoms with van der Waals surface area (Å²) in [6, 6.07) is 0. The molecule has 3 heterocycles. The van der Waals surface area contributed by atoms with Crippen molar-refractivity contribution < 1.29 is 4.79 Å². The molecule has 0 bridgehead atoms. The Morgan fingerprint density at radius 2 is 2.22 bits per heavy atom. The van der Waals surface area contributed by atoms with Gasteiger partial charge in [-0.2, -0.15) is 0 Å². The van der Waals surface area contributed by atoms with Gasteiger partial charge in [0.1, 0.15) is 10.7 Å². The summed E-state index contributed by atoms with van der Waals surface area (Å²) in [5.74, 6) is -0.263. The summed E-state index contributed by atoms with van der Waals surface area (Å²) in [5.41, 5.74) is 1.45. The van der Waals surface area contributed by atoms with E-state index in [-0.39, 0.29) is 5.91 Å². The summed E-state index contributed by atoms with van der Waals surface area (Å²) < 4.78 is 1.89. The molecule has 6 nitrogen and oxygen atoms in total. The maximum absolute atomic E-state index is 12.0. The van der Waals surface area contributed by atoms with Crippen molar-refractivity contribution in [2.24, 2.45) is 0 Å². The van der Waals surface area contributed by atoms with Gasteiger partial charge in [-0.15, -0.1) is 21.5 Å². The highest BCUT2D eigenvalue weighted by atomic mass is 32.1. The summed E-state index contributed by atoms with van der Waals surface area (Å²) >= 11 is 2.85. The zero-order chi connectivity index (χ0) is 12.7. The van der Waals surface area contributed by atoms with Crippen LogP contribution in [0.15, 0.2) is 11.6 Å². The molecule has 8 heteroatoms. The lowest BCUT2D eigenvalue weighted by molar-refractivity contribution is 0.102. The third-order valence-corrected chi connectivity index (χ3v) is 4.08. The first-order chi connectivity index (χ1) is 8.63. The van der Waals surface area contributed by atoms with Gasteiger partial charge >= 0.3 is 0 Å². The van der Waals surface area contributed by atoms with E-state index in [4.69, 9.17) is 0 Å². The monoisotopic (exact) mass is 279 g/mol. The molecule has 0 atom stereocenters. The average molecular weight is 279 g/mol. The van der Waals surface area contributed by atoms with E-state index in [1.807, 2.05) is 23.6 Å². The van der Waals surface area contributed by atoms with Gasteiger partial charge in [-0.25, -0.2) is 4.98 Å². The SMILES string of the molecule is Cc1nnc(NC(=O)c2cn3c(C)csc3n2)s1. The van der Waals surface area contributed by atoms with Crippen molar-refractivity contribution in [3.8, 4) is 0 Å². The minimum absolute atomic E-state index is 0.263. The number of fused-ring (bicyclic) bond motifs is 1. The third kappa shape index (κ3) is 1.89. The van der Waals surface area contributed by atoms with Gasteiger partial charge in [-0.05, 0) is 13.8 Å². The second-order valence-corrected chi connectivity index (χ2v) is 5.75. The quantitative estimate of drug-likeness (QED) is 0.780. The predicted octanol–water partition coefficient (Wildman–Crippen LogP) is 2.12. The highest BCUT2D eigenvalue weighted by Crippen LogP contribution is 2.18. The summed E-state index contributed by atoms with van der Waals surface area (Å²) in [5, 5.41) is 13.7. The number of rotatable bonds is 2. The molecule has 3 rings (SSSR count). The zero-order valence-corrected chi connectivity index (χ0v) is 11.3. The van der Waals surface area contributed by atoms with Crippen molar-refractivity contribution in [2.45, 2.75) is 13.8 Å². The van der Waals surface area contributed by atoms with Crippen molar-refractivity contribution in [3.05, 3.63) is 28.0 Å². The van der Waals surface area contributed by atoms with Crippen molar-refractivity contribution in [1.82, 2.24) is 19.6 Å². The number of hydrogen-bond acceptors (Lipinski definition) is 6. The molecule has 1 amide bonds. The largest absolute Gasteiger partial charge is 0.295 e. The number of carbonyl (C=O) groups is 1. The highest BCUT2D eigenvalue weighted by Gasteiger charge is 2.14. The maximum Gasteiger partial charge on any atom is 0.277 e. The zero-order valence-electron chi connectivity index (χ0n) is 9.67. The molecule has 0 radical (unpaired) electrons. The number of thiazole rings is 1. The number of amides is 1. The molecule has 92 valence electrons. The van der Waals surface area contributed by atoms with E-state index in [0.717, 1.165) is 15.7 Å². The molecule has 0 aliphatic rings. The fraction of sp³-hybridized carbons (Fsp3) is 0.200. The lowest BCUT2D eigenvalue weighted by atomic mass is 10.4. The minimum Gasteiger partial charge on any atom is -0.295 e. The smallest absolute Gasteiger partial charge is 0.277 e. The van der Waals surface area contributed by atoms with Crippen molar-refractivity contribution >= 4 is 38.7 Å². The van der Waals surface area contributed by atoms with Crippen LogP contribution in [0.5, 0.6) is 0 Å². The number of nitrogens with one attached hydrogen (secondary N) is 1. The number of aromatic nitrogens is 4. The van der Waals surface area contributed by atoms with Crippen molar-refractivity contribution in [1.29, 1.82) is 0 Å². The number of imidazole rings is 1. The van der Waals surface area contributed by atoms with Crippen LogP contribution in [0.1, 0.15) is 21.2 Å². The first kappa shape index (κ1) is 11.3. The van der Waals surface area contributed by atoms with E-state index >= 15 is 0 Å². The average Bonchev–Trinajstić information content (AvgIpc) is 2.98. The summed E-state index contributed by atoms with van der Waals surface area (Å²) in [6.07, 6.45) is 1.73. The Kier molecular flexibility index (Phi) is 2.60. The van der Waals surface area contributed by atoms with Crippen molar-refractivity contribution in [3.63, 3.8) is 0 Å². The number of carbonyl (C=O) groups excluding carboxylic acids is 1. The number of anilines is 1. The highest BCUT2D eigenvalue weighted by molar-refractivity contribution is 7.15. The molecule has 0 saturated carbocycles. The minimum atomic E-state index is -0.263. The summed E-state index contributed by atoms with van der Waals surface area (Å²) in [7, 11) is 0. The Morgan fingerprint density at radius 3 is 2.89 bits per heavy atom. The van der Waals surface area contributed by atoms with E-state index in [1.54, 1.807) is 6.20 Å². The second-order valence-electron chi connectivity index (χ2n) is 3.74. The Hall–Kier alpha value is -1.80. The predicted molar refractivity (Wildman–Crippen MR) is 70.4 cm³/mol. The number of aryl methyl sites for hydroxylation is 2. The van der Waals surface area contributed by atoms with Crippen LogP contribution in [-0.4, -0.2) is 25.5 Å². The standard InChI is InChI=1S/C10H9N5OS2/c1-5-4-17-10-11-7(3-15(5)10)8(16)12-9-14-13-6(2)18-9/h3-4H,1-2H3,(H,12,14,16). The lowest BCUT2D eigenvalue weighted by Crippen LogP contribution is -2.12. The maximum atomic E-state index is 12.0. The van der Waals surface area contributed by atoms with Gasteiger partial charge in [0, 0.05) is 17.3 Å². The van der Waals surface area contributed by atoms with Crippen LogP contribution in [0.4, 0.5) is 5.13 Å². The van der Waals surface area contributed by atoms with Gasteiger partial charge in [0.05, 0.1) is 0 Å². The van der Waals surface area contributed by atoms with E-state index in [0.29, 0.717) is 10.8 Å². The first-order valence-electron chi connectivity index (χ1n) is 5.18.